The van der Waals surface area contributed by atoms with Gasteiger partial charge < -0.3 is 14.7 Å². The van der Waals surface area contributed by atoms with E-state index < -0.39 is 5.60 Å². The van der Waals surface area contributed by atoms with Crippen LogP contribution >= 0.6 is 0 Å². The van der Waals surface area contributed by atoms with Gasteiger partial charge in [0.05, 0.1) is 6.10 Å². The topological polar surface area (TPSA) is 49.8 Å². The second-order valence-electron chi connectivity index (χ2n) is 5.55. The lowest BCUT2D eigenvalue weighted by Gasteiger charge is -2.34. The molecule has 1 fully saturated rings. The molecule has 0 unspecified atom stereocenters. The highest BCUT2D eigenvalue weighted by atomic mass is 16.6. The van der Waals surface area contributed by atoms with Gasteiger partial charge in [0.2, 0.25) is 0 Å². The van der Waals surface area contributed by atoms with Gasteiger partial charge in [-0.3, -0.25) is 0 Å². The fourth-order valence-electron chi connectivity index (χ4n) is 1.93. The lowest BCUT2D eigenvalue weighted by molar-refractivity contribution is 0.0122. The minimum absolute atomic E-state index is 0.191. The molecule has 1 N–H and O–H groups in total. The third kappa shape index (κ3) is 4.00. The lowest BCUT2D eigenvalue weighted by Crippen LogP contribution is -2.42. The van der Waals surface area contributed by atoms with Crippen molar-refractivity contribution in [2.45, 2.75) is 64.2 Å². The molecule has 1 saturated carbocycles. The predicted octanol–water partition coefficient (Wildman–Crippen LogP) is 2.16. The number of ether oxygens (including phenoxy) is 1. The zero-order valence-electron chi connectivity index (χ0n) is 10.7. The monoisotopic (exact) mass is 229 g/mol. The standard InChI is InChI=1S/C12H23NO3/c1-12(2,3)16-11(15)13(4)9-5-7-10(14)8-6-9/h9-10,14H,5-8H2,1-4H3/t9-,10-. The van der Waals surface area contributed by atoms with Crippen LogP contribution in [0.15, 0.2) is 0 Å². The normalized spacial score (nSPS) is 26.3. The molecule has 16 heavy (non-hydrogen) atoms. The van der Waals surface area contributed by atoms with Crippen molar-refractivity contribution in [3.05, 3.63) is 0 Å². The molecule has 1 aliphatic carbocycles. The first-order chi connectivity index (χ1) is 7.29. The minimum atomic E-state index is -0.445. The summed E-state index contributed by atoms with van der Waals surface area (Å²) in [5.41, 5.74) is -0.445. The van der Waals surface area contributed by atoms with E-state index in [2.05, 4.69) is 0 Å². The molecule has 0 radical (unpaired) electrons. The third-order valence-corrected chi connectivity index (χ3v) is 2.90. The van der Waals surface area contributed by atoms with E-state index in [0.717, 1.165) is 25.7 Å². The molecular formula is C12H23NO3. The molecule has 1 amide bonds. The highest BCUT2D eigenvalue weighted by molar-refractivity contribution is 5.68. The fourth-order valence-corrected chi connectivity index (χ4v) is 1.93. The first-order valence-corrected chi connectivity index (χ1v) is 5.93. The molecule has 0 bridgehead atoms. The minimum Gasteiger partial charge on any atom is -0.444 e. The summed E-state index contributed by atoms with van der Waals surface area (Å²) in [6.07, 6.45) is 2.81. The number of aliphatic hydroxyl groups is 1. The van der Waals surface area contributed by atoms with E-state index in [1.54, 1.807) is 11.9 Å². The molecule has 4 heteroatoms. The number of hydrogen-bond donors (Lipinski definition) is 1. The smallest absolute Gasteiger partial charge is 0.410 e. The van der Waals surface area contributed by atoms with Crippen LogP contribution in [0.25, 0.3) is 0 Å². The third-order valence-electron chi connectivity index (χ3n) is 2.90. The van der Waals surface area contributed by atoms with E-state index in [9.17, 15) is 9.90 Å². The van der Waals surface area contributed by atoms with Gasteiger partial charge in [0, 0.05) is 13.1 Å². The summed E-state index contributed by atoms with van der Waals surface area (Å²) in [6, 6.07) is 0.207. The summed E-state index contributed by atoms with van der Waals surface area (Å²) in [4.78, 5) is 13.4. The Morgan fingerprint density at radius 2 is 1.75 bits per heavy atom. The van der Waals surface area contributed by atoms with Crippen molar-refractivity contribution < 1.29 is 14.6 Å². The predicted molar refractivity (Wildman–Crippen MR) is 62.3 cm³/mol. The summed E-state index contributed by atoms with van der Waals surface area (Å²) in [6.45, 7) is 5.59. The van der Waals surface area contributed by atoms with Crippen molar-refractivity contribution in [2.75, 3.05) is 7.05 Å². The molecule has 0 aromatic heterocycles. The van der Waals surface area contributed by atoms with E-state index in [1.807, 2.05) is 20.8 Å². The maximum atomic E-state index is 11.8. The molecule has 0 spiro atoms. The van der Waals surface area contributed by atoms with Gasteiger partial charge in [-0.25, -0.2) is 4.79 Å². The van der Waals surface area contributed by atoms with Gasteiger partial charge in [-0.1, -0.05) is 0 Å². The van der Waals surface area contributed by atoms with Crippen LogP contribution in [0.5, 0.6) is 0 Å². The molecule has 0 aliphatic heterocycles. The van der Waals surface area contributed by atoms with Crippen LogP contribution in [0.1, 0.15) is 46.5 Å². The molecule has 94 valence electrons. The molecule has 0 saturated heterocycles. The first kappa shape index (κ1) is 13.3. The van der Waals surface area contributed by atoms with Crippen LogP contribution in [-0.4, -0.2) is 40.9 Å². The summed E-state index contributed by atoms with van der Waals surface area (Å²) in [5, 5.41) is 9.40. The van der Waals surface area contributed by atoms with E-state index in [4.69, 9.17) is 4.74 Å². The molecule has 1 aliphatic rings. The van der Waals surface area contributed by atoms with Crippen LogP contribution in [-0.2, 0) is 4.74 Å². The SMILES string of the molecule is CN(C(=O)OC(C)(C)C)[C@H]1CC[C@H](O)CC1. The number of hydrogen-bond acceptors (Lipinski definition) is 3. The largest absolute Gasteiger partial charge is 0.444 e. The van der Waals surface area contributed by atoms with Gasteiger partial charge in [-0.15, -0.1) is 0 Å². The summed E-state index contributed by atoms with van der Waals surface area (Å²) >= 11 is 0. The number of carbonyl (C=O) groups is 1. The Bertz CT molecular complexity index is 239. The van der Waals surface area contributed by atoms with Crippen molar-refractivity contribution in [2.24, 2.45) is 0 Å². The average Bonchev–Trinajstić information content (AvgIpc) is 2.15. The van der Waals surface area contributed by atoms with Crippen molar-refractivity contribution in [1.82, 2.24) is 4.90 Å². The molecule has 1 rings (SSSR count). The van der Waals surface area contributed by atoms with Gasteiger partial charge in [-0.2, -0.15) is 0 Å². The van der Waals surface area contributed by atoms with Gasteiger partial charge in [0.15, 0.2) is 0 Å². The summed E-state index contributed by atoms with van der Waals surface area (Å²) in [7, 11) is 1.77. The quantitative estimate of drug-likeness (QED) is 0.749. The summed E-state index contributed by atoms with van der Waals surface area (Å²) < 4.78 is 5.30. The number of nitrogens with zero attached hydrogens (tertiary/aromatic N) is 1. The van der Waals surface area contributed by atoms with Crippen LogP contribution in [0.4, 0.5) is 4.79 Å². The van der Waals surface area contributed by atoms with Gasteiger partial charge >= 0.3 is 6.09 Å². The maximum Gasteiger partial charge on any atom is 0.410 e. The zero-order chi connectivity index (χ0) is 12.3. The second-order valence-corrected chi connectivity index (χ2v) is 5.55. The Labute approximate surface area is 97.6 Å². The molecule has 0 atom stereocenters. The Morgan fingerprint density at radius 1 is 1.25 bits per heavy atom. The van der Waals surface area contributed by atoms with Crippen molar-refractivity contribution in [3.8, 4) is 0 Å². The lowest BCUT2D eigenvalue weighted by atomic mass is 9.92. The van der Waals surface area contributed by atoms with Crippen LogP contribution in [0.2, 0.25) is 0 Å². The Morgan fingerprint density at radius 3 is 2.19 bits per heavy atom. The van der Waals surface area contributed by atoms with Gasteiger partial charge in [-0.05, 0) is 46.5 Å². The number of aliphatic hydroxyl groups excluding tert-OH is 1. The molecular weight excluding hydrogens is 206 g/mol. The van der Waals surface area contributed by atoms with E-state index >= 15 is 0 Å². The van der Waals surface area contributed by atoms with Gasteiger partial charge in [0.1, 0.15) is 5.60 Å². The van der Waals surface area contributed by atoms with Crippen LogP contribution < -0.4 is 0 Å². The van der Waals surface area contributed by atoms with Crippen LogP contribution in [0, 0.1) is 0 Å². The molecule has 4 nitrogen and oxygen atoms in total. The number of rotatable bonds is 1. The van der Waals surface area contributed by atoms with Crippen molar-refractivity contribution in [1.29, 1.82) is 0 Å². The zero-order valence-corrected chi connectivity index (χ0v) is 10.7. The van der Waals surface area contributed by atoms with E-state index in [-0.39, 0.29) is 18.2 Å². The average molecular weight is 229 g/mol. The van der Waals surface area contributed by atoms with Crippen molar-refractivity contribution >= 4 is 6.09 Å². The summed E-state index contributed by atoms with van der Waals surface area (Å²) in [5.74, 6) is 0. The number of carbonyl (C=O) groups excluding carboxylic acids is 1. The molecule has 0 aromatic carbocycles. The van der Waals surface area contributed by atoms with Gasteiger partial charge in [0.25, 0.3) is 0 Å². The molecule has 0 aromatic rings. The van der Waals surface area contributed by atoms with E-state index in [1.165, 1.54) is 0 Å². The maximum absolute atomic E-state index is 11.8. The molecule has 0 heterocycles. The van der Waals surface area contributed by atoms with Crippen molar-refractivity contribution in [3.63, 3.8) is 0 Å². The Hall–Kier alpha value is -0.770. The Kier molecular flexibility index (Phi) is 4.19. The van der Waals surface area contributed by atoms with Crippen LogP contribution in [0.3, 0.4) is 0 Å². The first-order valence-electron chi connectivity index (χ1n) is 5.93. The fraction of sp³-hybridized carbons (Fsp3) is 0.917. The number of amides is 1. The highest BCUT2D eigenvalue weighted by Gasteiger charge is 2.28. The second kappa shape index (κ2) is 5.04. The highest BCUT2D eigenvalue weighted by Crippen LogP contribution is 2.23. The Balaban J connectivity index is 2.45. The van der Waals surface area contributed by atoms with E-state index in [0.29, 0.717) is 0 Å².